The molecule has 6 nitrogen and oxygen atoms in total. The number of nitrogens with zero attached hydrogens (tertiary/aromatic N) is 2. The molecule has 1 heterocycles. The highest BCUT2D eigenvalue weighted by atomic mass is 19.1. The van der Waals surface area contributed by atoms with Crippen LogP contribution in [0.5, 0.6) is 0 Å². The van der Waals surface area contributed by atoms with E-state index in [2.05, 4.69) is 10.3 Å². The second-order valence-corrected chi connectivity index (χ2v) is 6.80. The summed E-state index contributed by atoms with van der Waals surface area (Å²) < 4.78 is 20.1. The first-order valence-corrected chi connectivity index (χ1v) is 9.03. The van der Waals surface area contributed by atoms with E-state index >= 15 is 0 Å². The van der Waals surface area contributed by atoms with Crippen molar-refractivity contribution >= 4 is 16.8 Å². The Bertz CT molecular complexity index is 1050. The third-order valence-corrected chi connectivity index (χ3v) is 4.16. The number of amides is 1. The molecule has 3 aromatic rings. The van der Waals surface area contributed by atoms with Gasteiger partial charge in [-0.1, -0.05) is 24.3 Å². The van der Waals surface area contributed by atoms with Crippen molar-refractivity contribution in [3.05, 3.63) is 76.1 Å². The lowest BCUT2D eigenvalue weighted by atomic mass is 10.1. The minimum Gasteiger partial charge on any atom is -0.374 e. The number of carbonyl (C=O) groups excluding carboxylic acids is 1. The van der Waals surface area contributed by atoms with Gasteiger partial charge in [0, 0.05) is 6.54 Å². The Morgan fingerprint density at radius 1 is 1.21 bits per heavy atom. The highest BCUT2D eigenvalue weighted by Gasteiger charge is 2.09. The molecule has 0 aliphatic carbocycles. The van der Waals surface area contributed by atoms with Gasteiger partial charge in [-0.2, -0.15) is 0 Å². The maximum atomic E-state index is 13.4. The van der Waals surface area contributed by atoms with Crippen LogP contribution in [-0.2, 0) is 29.2 Å². The SMILES string of the molecule is CC(C)OCc1cccc(CNC(=O)Cn2cnc3ccc(F)cc3c2=O)c1. The molecular weight excluding hydrogens is 361 g/mol. The minimum absolute atomic E-state index is 0.144. The van der Waals surface area contributed by atoms with E-state index in [0.29, 0.717) is 18.7 Å². The summed E-state index contributed by atoms with van der Waals surface area (Å²) in [6.45, 7) is 4.60. The Kier molecular flexibility index (Phi) is 6.16. The molecule has 0 unspecified atom stereocenters. The van der Waals surface area contributed by atoms with Crippen molar-refractivity contribution < 1.29 is 13.9 Å². The summed E-state index contributed by atoms with van der Waals surface area (Å²) in [6.07, 6.45) is 1.44. The van der Waals surface area contributed by atoms with Crippen LogP contribution in [0.25, 0.3) is 10.9 Å². The number of carbonyl (C=O) groups is 1. The van der Waals surface area contributed by atoms with Crippen molar-refractivity contribution in [2.45, 2.75) is 39.6 Å². The monoisotopic (exact) mass is 383 g/mol. The predicted molar refractivity (Wildman–Crippen MR) is 104 cm³/mol. The minimum atomic E-state index is -0.519. The third-order valence-electron chi connectivity index (χ3n) is 4.16. The zero-order valence-electron chi connectivity index (χ0n) is 15.8. The van der Waals surface area contributed by atoms with Crippen LogP contribution < -0.4 is 10.9 Å². The first-order chi connectivity index (χ1) is 13.4. The number of rotatable bonds is 7. The Hall–Kier alpha value is -3.06. The third kappa shape index (κ3) is 5.01. The number of hydrogen-bond donors (Lipinski definition) is 1. The van der Waals surface area contributed by atoms with Gasteiger partial charge in [0.25, 0.3) is 5.56 Å². The van der Waals surface area contributed by atoms with Crippen LogP contribution in [0.4, 0.5) is 4.39 Å². The first kappa shape index (κ1) is 19.7. The summed E-state index contributed by atoms with van der Waals surface area (Å²) >= 11 is 0. The number of aromatic nitrogens is 2. The van der Waals surface area contributed by atoms with Crippen LogP contribution in [0, 0.1) is 5.82 Å². The number of ether oxygens (including phenoxy) is 1. The Balaban J connectivity index is 1.63. The molecule has 7 heteroatoms. The number of nitrogens with one attached hydrogen (secondary N) is 1. The molecule has 1 amide bonds. The first-order valence-electron chi connectivity index (χ1n) is 9.03. The van der Waals surface area contributed by atoms with E-state index in [1.807, 2.05) is 38.1 Å². The lowest BCUT2D eigenvalue weighted by Crippen LogP contribution is -2.32. The molecular formula is C21H22FN3O3. The molecule has 0 radical (unpaired) electrons. The van der Waals surface area contributed by atoms with Crippen LogP contribution in [-0.4, -0.2) is 21.6 Å². The fourth-order valence-electron chi connectivity index (χ4n) is 2.75. The topological polar surface area (TPSA) is 73.2 Å². The van der Waals surface area contributed by atoms with Crippen LogP contribution in [0.2, 0.25) is 0 Å². The van der Waals surface area contributed by atoms with E-state index in [1.165, 1.54) is 23.0 Å². The van der Waals surface area contributed by atoms with E-state index in [9.17, 15) is 14.0 Å². The molecule has 3 rings (SSSR count). The number of fused-ring (bicyclic) bond motifs is 1. The summed E-state index contributed by atoms with van der Waals surface area (Å²) in [4.78, 5) is 28.8. The smallest absolute Gasteiger partial charge is 0.261 e. The maximum absolute atomic E-state index is 13.4. The van der Waals surface area contributed by atoms with Gasteiger partial charge in [0.15, 0.2) is 0 Å². The standard InChI is InChI=1S/C21H22FN3O3/c1-14(2)28-12-16-5-3-4-15(8-16)10-23-20(26)11-25-13-24-19-7-6-17(22)9-18(19)21(25)27/h3-9,13-14H,10-12H2,1-2H3,(H,23,26). The van der Waals surface area contributed by atoms with E-state index in [1.54, 1.807) is 0 Å². The van der Waals surface area contributed by atoms with Crippen molar-refractivity contribution in [3.8, 4) is 0 Å². The molecule has 0 aliphatic rings. The van der Waals surface area contributed by atoms with Gasteiger partial charge in [-0.3, -0.25) is 14.2 Å². The Labute approximate surface area is 162 Å². The van der Waals surface area contributed by atoms with Crippen LogP contribution in [0.1, 0.15) is 25.0 Å². The highest BCUT2D eigenvalue weighted by Crippen LogP contribution is 2.09. The average molecular weight is 383 g/mol. The van der Waals surface area contributed by atoms with Crippen molar-refractivity contribution in [2.24, 2.45) is 0 Å². The van der Waals surface area contributed by atoms with E-state index in [-0.39, 0.29) is 23.9 Å². The molecule has 0 saturated heterocycles. The summed E-state index contributed by atoms with van der Waals surface area (Å²) in [5, 5.41) is 2.93. The molecule has 0 atom stereocenters. The quantitative estimate of drug-likeness (QED) is 0.681. The molecule has 1 aromatic heterocycles. The summed E-state index contributed by atoms with van der Waals surface area (Å²) in [7, 11) is 0. The van der Waals surface area contributed by atoms with E-state index < -0.39 is 11.4 Å². The van der Waals surface area contributed by atoms with E-state index in [4.69, 9.17) is 4.74 Å². The number of halogens is 1. The number of benzene rings is 2. The van der Waals surface area contributed by atoms with Crippen molar-refractivity contribution in [1.82, 2.24) is 14.9 Å². The second-order valence-electron chi connectivity index (χ2n) is 6.80. The molecule has 2 aromatic carbocycles. The van der Waals surface area contributed by atoms with Gasteiger partial charge < -0.3 is 10.1 Å². The fourth-order valence-corrected chi connectivity index (χ4v) is 2.75. The lowest BCUT2D eigenvalue weighted by Gasteiger charge is -2.10. The fraction of sp³-hybridized carbons (Fsp3) is 0.286. The Morgan fingerprint density at radius 3 is 2.79 bits per heavy atom. The molecule has 1 N–H and O–H groups in total. The van der Waals surface area contributed by atoms with Crippen LogP contribution >= 0.6 is 0 Å². The molecule has 0 saturated carbocycles. The van der Waals surface area contributed by atoms with Crippen LogP contribution in [0.15, 0.2) is 53.6 Å². The van der Waals surface area contributed by atoms with Gasteiger partial charge in [-0.15, -0.1) is 0 Å². The van der Waals surface area contributed by atoms with Gasteiger partial charge >= 0.3 is 0 Å². The van der Waals surface area contributed by atoms with Gasteiger partial charge in [0.05, 0.1) is 29.9 Å². The zero-order valence-corrected chi connectivity index (χ0v) is 15.8. The molecule has 0 spiro atoms. The summed E-state index contributed by atoms with van der Waals surface area (Å²) in [5.41, 5.74) is 1.90. The Morgan fingerprint density at radius 2 is 2.00 bits per heavy atom. The van der Waals surface area contributed by atoms with Crippen molar-refractivity contribution in [1.29, 1.82) is 0 Å². The number of hydrogen-bond acceptors (Lipinski definition) is 4. The lowest BCUT2D eigenvalue weighted by molar-refractivity contribution is -0.121. The average Bonchev–Trinajstić information content (AvgIpc) is 2.68. The normalized spacial score (nSPS) is 11.1. The summed E-state index contributed by atoms with van der Waals surface area (Å²) in [5.74, 6) is -0.849. The zero-order chi connectivity index (χ0) is 20.1. The van der Waals surface area contributed by atoms with Gasteiger partial charge in [-0.25, -0.2) is 9.37 Å². The second kappa shape index (κ2) is 8.75. The van der Waals surface area contributed by atoms with Gasteiger partial charge in [-0.05, 0) is 43.2 Å². The molecule has 0 bridgehead atoms. The largest absolute Gasteiger partial charge is 0.374 e. The van der Waals surface area contributed by atoms with Crippen molar-refractivity contribution in [2.75, 3.05) is 0 Å². The predicted octanol–water partition coefficient (Wildman–Crippen LogP) is 2.78. The van der Waals surface area contributed by atoms with Gasteiger partial charge in [0.2, 0.25) is 5.91 Å². The van der Waals surface area contributed by atoms with Crippen molar-refractivity contribution in [3.63, 3.8) is 0 Å². The molecule has 0 aliphatic heterocycles. The summed E-state index contributed by atoms with van der Waals surface area (Å²) in [6, 6.07) is 11.6. The maximum Gasteiger partial charge on any atom is 0.261 e. The van der Waals surface area contributed by atoms with Gasteiger partial charge in [0.1, 0.15) is 12.4 Å². The highest BCUT2D eigenvalue weighted by molar-refractivity contribution is 5.79. The van der Waals surface area contributed by atoms with E-state index in [0.717, 1.165) is 17.2 Å². The molecule has 146 valence electrons. The molecule has 0 fully saturated rings. The molecule has 28 heavy (non-hydrogen) atoms. The van der Waals surface area contributed by atoms with Crippen LogP contribution in [0.3, 0.4) is 0 Å².